The summed E-state index contributed by atoms with van der Waals surface area (Å²) in [6.07, 6.45) is 8.16. The lowest BCUT2D eigenvalue weighted by atomic mass is 9.93. The van der Waals surface area contributed by atoms with Crippen molar-refractivity contribution < 1.29 is 4.79 Å². The van der Waals surface area contributed by atoms with E-state index >= 15 is 0 Å². The predicted molar refractivity (Wildman–Crippen MR) is 102 cm³/mol. The minimum Gasteiger partial charge on any atom is -0.340 e. The molecule has 1 heterocycles. The lowest BCUT2D eigenvalue weighted by Gasteiger charge is -2.36. The van der Waals surface area contributed by atoms with Gasteiger partial charge in [0.25, 0.3) is 0 Å². The number of amides is 1. The fourth-order valence-corrected chi connectivity index (χ4v) is 3.87. The molecule has 1 aliphatic rings. The van der Waals surface area contributed by atoms with E-state index in [0.29, 0.717) is 12.6 Å². The largest absolute Gasteiger partial charge is 0.340 e. The monoisotopic (exact) mass is 339 g/mol. The Bertz CT molecular complexity index is 724. The van der Waals surface area contributed by atoms with Crippen LogP contribution in [0.4, 0.5) is 0 Å². The molecule has 2 aromatic rings. The van der Waals surface area contributed by atoms with Crippen LogP contribution in [0, 0.1) is 0 Å². The molecular formula is C21H29N3O. The second-order valence-electron chi connectivity index (χ2n) is 7.36. The van der Waals surface area contributed by atoms with Gasteiger partial charge in [0.05, 0.1) is 11.6 Å². The van der Waals surface area contributed by atoms with Gasteiger partial charge in [-0.3, -0.25) is 14.7 Å². The number of carbonyl (C=O) groups is 1. The molecule has 1 unspecified atom stereocenters. The highest BCUT2D eigenvalue weighted by molar-refractivity contribution is 5.82. The lowest BCUT2D eigenvalue weighted by Crippen LogP contribution is -2.48. The predicted octanol–water partition coefficient (Wildman–Crippen LogP) is 3.85. The molecule has 1 atom stereocenters. The Kier molecular flexibility index (Phi) is 5.69. The average molecular weight is 339 g/mol. The molecule has 0 spiro atoms. The van der Waals surface area contributed by atoms with Gasteiger partial charge in [0.1, 0.15) is 0 Å². The Labute approximate surface area is 150 Å². The zero-order valence-electron chi connectivity index (χ0n) is 15.6. The Balaban J connectivity index is 1.64. The van der Waals surface area contributed by atoms with Crippen LogP contribution in [0.1, 0.15) is 44.6 Å². The van der Waals surface area contributed by atoms with Gasteiger partial charge in [-0.1, -0.05) is 31.4 Å². The van der Waals surface area contributed by atoms with Crippen molar-refractivity contribution in [3.63, 3.8) is 0 Å². The summed E-state index contributed by atoms with van der Waals surface area (Å²) in [4.78, 5) is 21.3. The van der Waals surface area contributed by atoms with Crippen molar-refractivity contribution in [1.29, 1.82) is 0 Å². The van der Waals surface area contributed by atoms with Gasteiger partial charge in [0.15, 0.2) is 0 Å². The maximum Gasteiger partial charge on any atom is 0.239 e. The first-order valence-electron chi connectivity index (χ1n) is 9.37. The Hall–Kier alpha value is -1.94. The molecular weight excluding hydrogens is 310 g/mol. The summed E-state index contributed by atoms with van der Waals surface area (Å²) in [6, 6.07) is 10.7. The van der Waals surface area contributed by atoms with Crippen LogP contribution in [0.25, 0.3) is 10.9 Å². The normalized spacial score (nSPS) is 17.0. The van der Waals surface area contributed by atoms with Crippen molar-refractivity contribution in [3.8, 4) is 0 Å². The number of pyridine rings is 1. The molecule has 0 aliphatic heterocycles. The molecule has 1 aromatic heterocycles. The SMILES string of the molecule is CC(C(=O)N(C)Cc1ccc2ncccc2c1)N(C)C1CCCCC1. The number of carbonyl (C=O) groups excluding carboxylic acids is 1. The Morgan fingerprint density at radius 3 is 2.72 bits per heavy atom. The van der Waals surface area contributed by atoms with Crippen molar-refractivity contribution in [2.75, 3.05) is 14.1 Å². The minimum atomic E-state index is -0.0739. The van der Waals surface area contributed by atoms with Crippen LogP contribution in [-0.4, -0.2) is 46.9 Å². The number of fused-ring (bicyclic) bond motifs is 1. The summed E-state index contributed by atoms with van der Waals surface area (Å²) in [7, 11) is 4.01. The molecule has 1 fully saturated rings. The molecule has 134 valence electrons. The molecule has 0 radical (unpaired) electrons. The Morgan fingerprint density at radius 2 is 1.96 bits per heavy atom. The maximum absolute atomic E-state index is 12.9. The van der Waals surface area contributed by atoms with Gasteiger partial charge in [-0.2, -0.15) is 0 Å². The highest BCUT2D eigenvalue weighted by Crippen LogP contribution is 2.23. The van der Waals surface area contributed by atoms with E-state index < -0.39 is 0 Å². The molecule has 3 rings (SSSR count). The van der Waals surface area contributed by atoms with Gasteiger partial charge in [-0.15, -0.1) is 0 Å². The summed E-state index contributed by atoms with van der Waals surface area (Å²) >= 11 is 0. The summed E-state index contributed by atoms with van der Waals surface area (Å²) in [5.41, 5.74) is 2.13. The third kappa shape index (κ3) is 4.18. The van der Waals surface area contributed by atoms with Crippen molar-refractivity contribution in [2.45, 2.75) is 57.7 Å². The van der Waals surface area contributed by atoms with Crippen molar-refractivity contribution in [1.82, 2.24) is 14.8 Å². The van der Waals surface area contributed by atoms with Crippen molar-refractivity contribution >= 4 is 16.8 Å². The molecule has 1 aromatic carbocycles. The van der Waals surface area contributed by atoms with E-state index in [4.69, 9.17) is 0 Å². The van der Waals surface area contributed by atoms with E-state index in [-0.39, 0.29) is 11.9 Å². The summed E-state index contributed by atoms with van der Waals surface area (Å²) in [6.45, 7) is 2.67. The lowest BCUT2D eigenvalue weighted by molar-refractivity contribution is -0.136. The fraction of sp³-hybridized carbons (Fsp3) is 0.524. The number of rotatable bonds is 5. The molecule has 0 bridgehead atoms. The zero-order chi connectivity index (χ0) is 17.8. The van der Waals surface area contributed by atoms with E-state index in [9.17, 15) is 4.79 Å². The number of benzene rings is 1. The molecule has 25 heavy (non-hydrogen) atoms. The van der Waals surface area contributed by atoms with Crippen molar-refractivity contribution in [2.24, 2.45) is 0 Å². The molecule has 1 aliphatic carbocycles. The van der Waals surface area contributed by atoms with Crippen LogP contribution < -0.4 is 0 Å². The van der Waals surface area contributed by atoms with Crippen LogP contribution in [0.2, 0.25) is 0 Å². The van der Waals surface area contributed by atoms with Crippen LogP contribution in [0.5, 0.6) is 0 Å². The first-order valence-corrected chi connectivity index (χ1v) is 9.37. The van der Waals surface area contributed by atoms with E-state index in [1.165, 1.54) is 32.1 Å². The van der Waals surface area contributed by atoms with Gasteiger partial charge < -0.3 is 4.90 Å². The van der Waals surface area contributed by atoms with Crippen molar-refractivity contribution in [3.05, 3.63) is 42.1 Å². The standard InChI is InChI=1S/C21H29N3O/c1-16(24(3)19-9-5-4-6-10-19)21(25)23(2)15-17-11-12-20-18(14-17)8-7-13-22-20/h7-8,11-14,16,19H,4-6,9-10,15H2,1-3H3. The topological polar surface area (TPSA) is 36.4 Å². The highest BCUT2D eigenvalue weighted by Gasteiger charge is 2.27. The van der Waals surface area contributed by atoms with Crippen LogP contribution in [-0.2, 0) is 11.3 Å². The number of hydrogen-bond acceptors (Lipinski definition) is 3. The van der Waals surface area contributed by atoms with Gasteiger partial charge in [-0.05, 0) is 50.6 Å². The highest BCUT2D eigenvalue weighted by atomic mass is 16.2. The van der Waals surface area contributed by atoms with Crippen LogP contribution in [0.15, 0.2) is 36.5 Å². The van der Waals surface area contributed by atoms with E-state index in [1.807, 2.05) is 31.0 Å². The molecule has 4 nitrogen and oxygen atoms in total. The second kappa shape index (κ2) is 7.96. The third-order valence-electron chi connectivity index (χ3n) is 5.58. The molecule has 1 amide bonds. The molecule has 4 heteroatoms. The smallest absolute Gasteiger partial charge is 0.239 e. The molecule has 0 saturated heterocycles. The van der Waals surface area contributed by atoms with Crippen LogP contribution >= 0.6 is 0 Å². The zero-order valence-corrected chi connectivity index (χ0v) is 15.6. The number of hydrogen-bond donors (Lipinski definition) is 0. The van der Waals surface area contributed by atoms with E-state index in [0.717, 1.165) is 16.5 Å². The Morgan fingerprint density at radius 1 is 1.20 bits per heavy atom. The summed E-state index contributed by atoms with van der Waals surface area (Å²) < 4.78 is 0. The van der Waals surface area contributed by atoms with Gasteiger partial charge in [0, 0.05) is 31.2 Å². The average Bonchev–Trinajstić information content (AvgIpc) is 2.66. The van der Waals surface area contributed by atoms with Gasteiger partial charge in [-0.25, -0.2) is 0 Å². The number of likely N-dealkylation sites (N-methyl/N-ethyl adjacent to an activating group) is 2. The summed E-state index contributed by atoms with van der Waals surface area (Å²) in [5, 5.41) is 1.12. The fourth-order valence-electron chi connectivity index (χ4n) is 3.87. The second-order valence-corrected chi connectivity index (χ2v) is 7.36. The number of nitrogens with zero attached hydrogens (tertiary/aromatic N) is 3. The molecule has 1 saturated carbocycles. The van der Waals surface area contributed by atoms with Gasteiger partial charge in [0.2, 0.25) is 5.91 Å². The molecule has 0 N–H and O–H groups in total. The van der Waals surface area contributed by atoms with Crippen LogP contribution in [0.3, 0.4) is 0 Å². The minimum absolute atomic E-state index is 0.0739. The summed E-state index contributed by atoms with van der Waals surface area (Å²) in [5.74, 6) is 0.194. The first kappa shape index (κ1) is 17.9. The third-order valence-corrected chi connectivity index (χ3v) is 5.58. The van der Waals surface area contributed by atoms with E-state index in [2.05, 4.69) is 35.1 Å². The first-order chi connectivity index (χ1) is 12.1. The maximum atomic E-state index is 12.9. The number of aromatic nitrogens is 1. The van der Waals surface area contributed by atoms with E-state index in [1.54, 1.807) is 6.20 Å². The van der Waals surface area contributed by atoms with Gasteiger partial charge >= 0.3 is 0 Å². The quantitative estimate of drug-likeness (QED) is 0.830.